The number of hydrogen-bond donors (Lipinski definition) is 3. The van der Waals surface area contributed by atoms with Gasteiger partial charge in [0.1, 0.15) is 11.5 Å². The molecule has 2 aliphatic heterocycles. The van der Waals surface area contributed by atoms with Crippen LogP contribution in [0.2, 0.25) is 0 Å². The topological polar surface area (TPSA) is 137 Å². The van der Waals surface area contributed by atoms with Crippen molar-refractivity contribution in [2.45, 2.75) is 31.7 Å². The summed E-state index contributed by atoms with van der Waals surface area (Å²) in [7, 11) is 1.53. The van der Waals surface area contributed by atoms with Gasteiger partial charge in [-0.2, -0.15) is 5.10 Å². The number of rotatable bonds is 3. The monoisotopic (exact) mass is 480 g/mol. The second-order valence-corrected chi connectivity index (χ2v) is 8.97. The summed E-state index contributed by atoms with van der Waals surface area (Å²) in [5.41, 5.74) is 4.77. The summed E-state index contributed by atoms with van der Waals surface area (Å²) in [6.07, 6.45) is 5.08. The third-order valence-corrected chi connectivity index (χ3v) is 6.65. The van der Waals surface area contributed by atoms with Crippen LogP contribution in [0.1, 0.15) is 24.1 Å². The lowest BCUT2D eigenvalue weighted by Crippen LogP contribution is -2.52. The summed E-state index contributed by atoms with van der Waals surface area (Å²) in [6.45, 7) is 5.21. The number of methoxy groups -OCH3 is 1. The van der Waals surface area contributed by atoms with Crippen LogP contribution in [0.15, 0.2) is 24.4 Å². The first-order valence-corrected chi connectivity index (χ1v) is 11.5. The van der Waals surface area contributed by atoms with E-state index in [1.165, 1.54) is 30.3 Å². The molecular weight excluding hydrogens is 452 g/mol. The summed E-state index contributed by atoms with van der Waals surface area (Å²) >= 11 is 0. The number of aryl methyl sites for hydroxylation is 1. The van der Waals surface area contributed by atoms with Crippen LogP contribution < -0.4 is 25.2 Å². The Morgan fingerprint density at radius 2 is 2.09 bits per heavy atom. The minimum Gasteiger partial charge on any atom is -0.483 e. The van der Waals surface area contributed by atoms with E-state index in [0.29, 0.717) is 18.1 Å². The predicted molar refractivity (Wildman–Crippen MR) is 129 cm³/mol. The predicted octanol–water partition coefficient (Wildman–Crippen LogP) is 1.68. The Bertz CT molecular complexity index is 1270. The number of aromatic nitrogens is 4. The van der Waals surface area contributed by atoms with Crippen molar-refractivity contribution in [3.63, 3.8) is 0 Å². The number of amides is 2. The molecule has 5 heterocycles. The molecule has 2 fully saturated rings. The van der Waals surface area contributed by atoms with Crippen LogP contribution in [0, 0.1) is 6.92 Å². The number of carboxylic acid groups (broad SMARTS) is 1. The Morgan fingerprint density at radius 1 is 1.29 bits per heavy atom. The number of nitrogens with zero attached hydrogens (tertiary/aromatic N) is 6. The van der Waals surface area contributed by atoms with E-state index in [1.54, 1.807) is 4.90 Å². The molecule has 1 saturated carbocycles. The molecule has 3 aromatic heterocycles. The standard InChI is InChI=1S/C22H26N8O2.CH2O2/c1-14-11-15-12-17(20(32-2)27-30(15)26-14)25-21(31)29-9-4-16-18(3-7-23-19(16)29)28-10-8-24-22(13-28)5-6-22;2-1-3/h3,7,11-12,24H,4-6,8-10,13H2,1-2H3,(H,25,31);1H,(H,2,3). The van der Waals surface area contributed by atoms with Crippen molar-refractivity contribution < 1.29 is 19.4 Å². The normalized spacial score (nSPS) is 17.5. The van der Waals surface area contributed by atoms with Gasteiger partial charge in [0.2, 0.25) is 0 Å². The molecule has 35 heavy (non-hydrogen) atoms. The lowest BCUT2D eigenvalue weighted by atomic mass is 10.1. The van der Waals surface area contributed by atoms with Crippen molar-refractivity contribution in [3.8, 4) is 5.88 Å². The second-order valence-electron chi connectivity index (χ2n) is 8.97. The largest absolute Gasteiger partial charge is 0.483 e. The Balaban J connectivity index is 0.000000806. The highest BCUT2D eigenvalue weighted by Crippen LogP contribution is 2.41. The third-order valence-electron chi connectivity index (χ3n) is 6.65. The van der Waals surface area contributed by atoms with Crippen molar-refractivity contribution in [3.05, 3.63) is 35.7 Å². The lowest BCUT2D eigenvalue weighted by Gasteiger charge is -2.36. The van der Waals surface area contributed by atoms with Gasteiger partial charge in [0, 0.05) is 49.2 Å². The van der Waals surface area contributed by atoms with E-state index in [9.17, 15) is 4.79 Å². The highest BCUT2D eigenvalue weighted by atomic mass is 16.5. The van der Waals surface area contributed by atoms with Crippen molar-refractivity contribution in [1.82, 2.24) is 25.1 Å². The van der Waals surface area contributed by atoms with Crippen LogP contribution in [0.25, 0.3) is 5.52 Å². The molecule has 0 atom stereocenters. The lowest BCUT2D eigenvalue weighted by molar-refractivity contribution is -0.122. The van der Waals surface area contributed by atoms with Crippen molar-refractivity contribution >= 4 is 35.2 Å². The number of ether oxygens (including phenoxy) is 1. The van der Waals surface area contributed by atoms with E-state index in [-0.39, 0.29) is 18.0 Å². The van der Waals surface area contributed by atoms with Crippen LogP contribution in [0.3, 0.4) is 0 Å². The van der Waals surface area contributed by atoms with Gasteiger partial charge < -0.3 is 25.4 Å². The maximum absolute atomic E-state index is 13.2. The molecule has 3 aliphatic rings. The molecule has 3 aromatic rings. The third kappa shape index (κ3) is 4.32. The fourth-order valence-electron chi connectivity index (χ4n) is 4.88. The van der Waals surface area contributed by atoms with Crippen molar-refractivity contribution in [1.29, 1.82) is 0 Å². The average Bonchev–Trinajstić information content (AvgIpc) is 3.27. The molecule has 12 nitrogen and oxygen atoms in total. The summed E-state index contributed by atoms with van der Waals surface area (Å²) < 4.78 is 6.89. The first kappa shape index (κ1) is 22.8. The van der Waals surface area contributed by atoms with Crippen LogP contribution in [-0.4, -0.2) is 76.2 Å². The number of fused-ring (bicyclic) bond motifs is 2. The Labute approximate surface area is 201 Å². The van der Waals surface area contributed by atoms with Crippen molar-refractivity contribution in [2.24, 2.45) is 0 Å². The molecule has 6 rings (SSSR count). The summed E-state index contributed by atoms with van der Waals surface area (Å²) in [6, 6.07) is 5.57. The molecule has 0 radical (unpaired) electrons. The number of pyridine rings is 1. The first-order valence-electron chi connectivity index (χ1n) is 11.5. The maximum Gasteiger partial charge on any atom is 0.327 e. The zero-order valence-corrected chi connectivity index (χ0v) is 19.7. The van der Waals surface area contributed by atoms with Crippen LogP contribution >= 0.6 is 0 Å². The highest BCUT2D eigenvalue weighted by Gasteiger charge is 2.46. The number of carbonyl (C=O) groups is 2. The molecule has 1 saturated heterocycles. The van der Waals surface area contributed by atoms with E-state index in [1.807, 2.05) is 25.3 Å². The van der Waals surface area contributed by atoms with E-state index >= 15 is 0 Å². The fraction of sp³-hybridized carbons (Fsp3) is 0.435. The maximum atomic E-state index is 13.2. The van der Waals surface area contributed by atoms with E-state index < -0.39 is 0 Å². The van der Waals surface area contributed by atoms with Gasteiger partial charge in [-0.05, 0) is 44.4 Å². The Morgan fingerprint density at radius 3 is 2.83 bits per heavy atom. The minimum atomic E-state index is -0.250. The number of carbonyl (C=O) groups excluding carboxylic acids is 1. The van der Waals surface area contributed by atoms with E-state index in [0.717, 1.165) is 48.6 Å². The smallest absolute Gasteiger partial charge is 0.327 e. The molecule has 1 spiro atoms. The summed E-state index contributed by atoms with van der Waals surface area (Å²) in [4.78, 5) is 30.3. The van der Waals surface area contributed by atoms with Gasteiger partial charge >= 0.3 is 6.03 Å². The Kier molecular flexibility index (Phi) is 5.89. The number of piperazine rings is 1. The van der Waals surface area contributed by atoms with E-state index in [2.05, 4.69) is 36.8 Å². The molecule has 0 aromatic carbocycles. The highest BCUT2D eigenvalue weighted by molar-refractivity contribution is 6.03. The van der Waals surface area contributed by atoms with Gasteiger partial charge in [0.25, 0.3) is 12.4 Å². The van der Waals surface area contributed by atoms with Crippen LogP contribution in [0.5, 0.6) is 5.88 Å². The molecule has 2 amide bonds. The molecule has 1 aliphatic carbocycles. The van der Waals surface area contributed by atoms with Gasteiger partial charge in [-0.25, -0.2) is 9.78 Å². The summed E-state index contributed by atoms with van der Waals surface area (Å²) in [5, 5.41) is 22.2. The SMILES string of the molecule is COc1nn2nc(C)cc2cc1NC(=O)N1CCc2c(N3CCNC4(CC4)C3)ccnc21.O=CO. The van der Waals surface area contributed by atoms with Gasteiger partial charge in [0.15, 0.2) is 0 Å². The molecule has 0 unspecified atom stereocenters. The fourth-order valence-corrected chi connectivity index (χ4v) is 4.88. The van der Waals surface area contributed by atoms with E-state index in [4.69, 9.17) is 14.6 Å². The average molecular weight is 481 g/mol. The second kappa shape index (κ2) is 9.02. The number of hydrogen-bond acceptors (Lipinski definition) is 8. The summed E-state index contributed by atoms with van der Waals surface area (Å²) in [5.74, 6) is 1.04. The van der Waals surface area contributed by atoms with Gasteiger partial charge in [-0.3, -0.25) is 9.69 Å². The quantitative estimate of drug-likeness (QED) is 0.478. The molecular formula is C23H28N8O4. The molecule has 184 valence electrons. The number of anilines is 3. The zero-order valence-electron chi connectivity index (χ0n) is 19.7. The molecule has 12 heteroatoms. The van der Waals surface area contributed by atoms with Crippen LogP contribution in [-0.2, 0) is 11.2 Å². The van der Waals surface area contributed by atoms with Gasteiger partial charge in [-0.1, -0.05) is 0 Å². The first-order chi connectivity index (χ1) is 17.0. The van der Waals surface area contributed by atoms with Crippen molar-refractivity contribution in [2.75, 3.05) is 48.4 Å². The van der Waals surface area contributed by atoms with Crippen LogP contribution in [0.4, 0.5) is 22.0 Å². The Hall–Kier alpha value is -3.93. The molecule has 3 N–H and O–H groups in total. The minimum absolute atomic E-state index is 0.243. The van der Waals surface area contributed by atoms with Gasteiger partial charge in [0.05, 0.1) is 18.3 Å². The molecule has 0 bridgehead atoms. The van der Waals surface area contributed by atoms with Gasteiger partial charge in [-0.15, -0.1) is 9.73 Å². The zero-order chi connectivity index (χ0) is 24.6. The number of urea groups is 1. The number of nitrogens with one attached hydrogen (secondary N) is 2.